The Hall–Kier alpha value is -2.61. The van der Waals surface area contributed by atoms with Gasteiger partial charge in [0.1, 0.15) is 5.75 Å². The number of halogens is 1. The Morgan fingerprint density at radius 3 is 2.19 bits per heavy atom. The zero-order valence-corrected chi connectivity index (χ0v) is 18.3. The second-order valence-electron chi connectivity index (χ2n) is 7.48. The highest BCUT2D eigenvalue weighted by molar-refractivity contribution is 6.30. The maximum atomic E-state index is 12.5. The van der Waals surface area contributed by atoms with Crippen molar-refractivity contribution in [2.45, 2.75) is 19.1 Å². The second kappa shape index (κ2) is 11.1. The quantitative estimate of drug-likeness (QED) is 0.638. The molecular weight excluding hydrogens is 420 g/mol. The molecule has 8 heteroatoms. The van der Waals surface area contributed by atoms with Gasteiger partial charge in [-0.2, -0.15) is 0 Å². The van der Waals surface area contributed by atoms with E-state index >= 15 is 0 Å². The smallest absolute Gasteiger partial charge is 0.333 e. The SMILES string of the molecule is CO[C@@H](Cc1ccc(OCC(=O)N2CCN(Cc3ccc(Cl)cc3)CC2)cc1)C(=O)O. The molecule has 2 aromatic carbocycles. The van der Waals surface area contributed by atoms with Crippen molar-refractivity contribution in [1.29, 1.82) is 0 Å². The van der Waals surface area contributed by atoms with Gasteiger partial charge in [-0.25, -0.2) is 4.79 Å². The van der Waals surface area contributed by atoms with E-state index < -0.39 is 12.1 Å². The van der Waals surface area contributed by atoms with Gasteiger partial charge in [0.2, 0.25) is 0 Å². The van der Waals surface area contributed by atoms with E-state index in [9.17, 15) is 9.59 Å². The molecule has 1 atom stereocenters. The summed E-state index contributed by atoms with van der Waals surface area (Å²) in [4.78, 5) is 27.7. The molecule has 1 amide bonds. The molecule has 0 saturated carbocycles. The highest BCUT2D eigenvalue weighted by Crippen LogP contribution is 2.16. The van der Waals surface area contributed by atoms with Crippen LogP contribution in [-0.2, 0) is 27.3 Å². The molecule has 7 nitrogen and oxygen atoms in total. The average molecular weight is 447 g/mol. The van der Waals surface area contributed by atoms with Crippen molar-refractivity contribution in [2.24, 2.45) is 0 Å². The van der Waals surface area contributed by atoms with Gasteiger partial charge in [0.25, 0.3) is 5.91 Å². The van der Waals surface area contributed by atoms with E-state index in [0.717, 1.165) is 30.2 Å². The number of rotatable bonds is 9. The van der Waals surface area contributed by atoms with Gasteiger partial charge >= 0.3 is 5.97 Å². The third-order valence-corrected chi connectivity index (χ3v) is 5.56. The minimum atomic E-state index is -0.998. The molecule has 0 bridgehead atoms. The third-order valence-electron chi connectivity index (χ3n) is 5.31. The highest BCUT2D eigenvalue weighted by Gasteiger charge is 2.21. The number of amides is 1. The summed E-state index contributed by atoms with van der Waals surface area (Å²) in [5.74, 6) is -0.468. The topological polar surface area (TPSA) is 79.3 Å². The number of carbonyl (C=O) groups excluding carboxylic acids is 1. The van der Waals surface area contributed by atoms with Gasteiger partial charge < -0.3 is 19.5 Å². The fourth-order valence-electron chi connectivity index (χ4n) is 3.45. The summed E-state index contributed by atoms with van der Waals surface area (Å²) in [5.41, 5.74) is 2.03. The lowest BCUT2D eigenvalue weighted by Crippen LogP contribution is -2.49. The van der Waals surface area contributed by atoms with Crippen LogP contribution >= 0.6 is 11.6 Å². The largest absolute Gasteiger partial charge is 0.484 e. The van der Waals surface area contributed by atoms with Crippen LogP contribution < -0.4 is 4.74 Å². The lowest BCUT2D eigenvalue weighted by atomic mass is 10.1. The first kappa shape index (κ1) is 23.1. The van der Waals surface area contributed by atoms with E-state index in [1.54, 1.807) is 24.3 Å². The Balaban J connectivity index is 1.41. The average Bonchev–Trinajstić information content (AvgIpc) is 2.78. The van der Waals surface area contributed by atoms with Gasteiger partial charge in [0.15, 0.2) is 12.7 Å². The van der Waals surface area contributed by atoms with E-state index in [4.69, 9.17) is 26.2 Å². The van der Waals surface area contributed by atoms with Crippen LogP contribution in [-0.4, -0.2) is 72.8 Å². The number of hydrogen-bond acceptors (Lipinski definition) is 5. The number of benzene rings is 2. The maximum absolute atomic E-state index is 12.5. The fourth-order valence-corrected chi connectivity index (χ4v) is 3.57. The first-order valence-corrected chi connectivity index (χ1v) is 10.5. The molecule has 1 N–H and O–H groups in total. The number of carboxylic acid groups (broad SMARTS) is 1. The Morgan fingerprint density at radius 2 is 1.61 bits per heavy atom. The molecule has 1 fully saturated rings. The summed E-state index contributed by atoms with van der Waals surface area (Å²) in [6.07, 6.45) is -0.613. The molecule has 0 spiro atoms. The number of methoxy groups -OCH3 is 1. The van der Waals surface area contributed by atoms with E-state index in [1.165, 1.54) is 12.7 Å². The monoisotopic (exact) mass is 446 g/mol. The Morgan fingerprint density at radius 1 is 1.00 bits per heavy atom. The summed E-state index contributed by atoms with van der Waals surface area (Å²) >= 11 is 5.93. The number of piperazine rings is 1. The summed E-state index contributed by atoms with van der Waals surface area (Å²) in [7, 11) is 1.37. The van der Waals surface area contributed by atoms with Crippen molar-refractivity contribution in [2.75, 3.05) is 39.9 Å². The third kappa shape index (κ3) is 6.95. The van der Waals surface area contributed by atoms with Crippen LogP contribution in [0.25, 0.3) is 0 Å². The molecular formula is C23H27ClN2O5. The van der Waals surface area contributed by atoms with Crippen molar-refractivity contribution < 1.29 is 24.2 Å². The molecule has 1 aliphatic rings. The van der Waals surface area contributed by atoms with E-state index in [0.29, 0.717) is 18.8 Å². The lowest BCUT2D eigenvalue weighted by Gasteiger charge is -2.34. The van der Waals surface area contributed by atoms with Gasteiger partial charge in [0.05, 0.1) is 0 Å². The van der Waals surface area contributed by atoms with Gasteiger partial charge in [-0.3, -0.25) is 9.69 Å². The van der Waals surface area contributed by atoms with Crippen molar-refractivity contribution in [1.82, 2.24) is 9.80 Å². The molecule has 3 rings (SSSR count). The van der Waals surface area contributed by atoms with E-state index in [-0.39, 0.29) is 18.9 Å². The van der Waals surface area contributed by atoms with Crippen molar-refractivity contribution in [3.8, 4) is 5.75 Å². The zero-order valence-electron chi connectivity index (χ0n) is 17.5. The number of hydrogen-bond donors (Lipinski definition) is 1. The van der Waals surface area contributed by atoms with Gasteiger partial charge in [-0.05, 0) is 35.4 Å². The number of nitrogens with zero attached hydrogens (tertiary/aromatic N) is 2. The molecule has 0 unspecified atom stereocenters. The van der Waals surface area contributed by atoms with E-state index in [2.05, 4.69) is 4.90 Å². The molecule has 0 aromatic heterocycles. The van der Waals surface area contributed by atoms with Crippen LogP contribution in [0.5, 0.6) is 5.75 Å². The van der Waals surface area contributed by atoms with Gasteiger partial charge in [-0.1, -0.05) is 35.9 Å². The summed E-state index contributed by atoms with van der Waals surface area (Å²) in [6.45, 7) is 3.78. The molecule has 0 aliphatic carbocycles. The van der Waals surface area contributed by atoms with Gasteiger partial charge in [-0.15, -0.1) is 0 Å². The molecule has 1 aliphatic heterocycles. The Bertz CT molecular complexity index is 865. The molecule has 166 valence electrons. The Kier molecular flexibility index (Phi) is 8.28. The minimum absolute atomic E-state index is 0.0215. The van der Waals surface area contributed by atoms with Crippen LogP contribution in [0.1, 0.15) is 11.1 Å². The fraction of sp³-hybridized carbons (Fsp3) is 0.391. The molecule has 1 heterocycles. The normalized spacial score (nSPS) is 15.5. The number of aliphatic carboxylic acids is 1. The van der Waals surface area contributed by atoms with Gasteiger partial charge in [0, 0.05) is 51.3 Å². The zero-order chi connectivity index (χ0) is 22.2. The van der Waals surface area contributed by atoms with Crippen molar-refractivity contribution in [3.63, 3.8) is 0 Å². The van der Waals surface area contributed by atoms with Crippen LogP contribution in [0.15, 0.2) is 48.5 Å². The number of carbonyl (C=O) groups is 2. The summed E-state index contributed by atoms with van der Waals surface area (Å²) in [6, 6.07) is 14.9. The second-order valence-corrected chi connectivity index (χ2v) is 7.92. The van der Waals surface area contributed by atoms with Crippen LogP contribution in [0.2, 0.25) is 5.02 Å². The summed E-state index contributed by atoms with van der Waals surface area (Å²) in [5, 5.41) is 9.79. The number of ether oxygens (including phenoxy) is 2. The maximum Gasteiger partial charge on any atom is 0.333 e. The summed E-state index contributed by atoms with van der Waals surface area (Å²) < 4.78 is 10.6. The Labute approximate surface area is 187 Å². The van der Waals surface area contributed by atoms with Crippen molar-refractivity contribution in [3.05, 3.63) is 64.7 Å². The van der Waals surface area contributed by atoms with Crippen LogP contribution in [0.3, 0.4) is 0 Å². The molecule has 2 aromatic rings. The first-order chi connectivity index (χ1) is 14.9. The number of carboxylic acids is 1. The van der Waals surface area contributed by atoms with Crippen LogP contribution in [0.4, 0.5) is 0 Å². The minimum Gasteiger partial charge on any atom is -0.484 e. The molecule has 1 saturated heterocycles. The predicted octanol–water partition coefficient (Wildman–Crippen LogP) is 2.71. The molecule has 0 radical (unpaired) electrons. The predicted molar refractivity (Wildman–Crippen MR) is 117 cm³/mol. The van der Waals surface area contributed by atoms with E-state index in [1.807, 2.05) is 29.2 Å². The van der Waals surface area contributed by atoms with Crippen molar-refractivity contribution >= 4 is 23.5 Å². The standard InChI is InChI=1S/C23H27ClN2O5/c1-30-21(23(28)29)14-17-4-8-20(9-5-17)31-16-22(27)26-12-10-25(11-13-26)15-18-2-6-19(24)7-3-18/h2-9,21H,10-16H2,1H3,(H,28,29)/t21-/m0/s1. The lowest BCUT2D eigenvalue weighted by molar-refractivity contribution is -0.148. The molecule has 31 heavy (non-hydrogen) atoms. The highest BCUT2D eigenvalue weighted by atomic mass is 35.5. The first-order valence-electron chi connectivity index (χ1n) is 10.2. The van der Waals surface area contributed by atoms with Crippen LogP contribution in [0, 0.1) is 0 Å².